The Kier molecular flexibility index (Phi) is 4.91. The van der Waals surface area contributed by atoms with E-state index in [0.29, 0.717) is 13.1 Å². The first kappa shape index (κ1) is 14.0. The lowest BCUT2D eigenvalue weighted by Crippen LogP contribution is -2.34. The summed E-state index contributed by atoms with van der Waals surface area (Å²) in [7, 11) is 0. The Morgan fingerprint density at radius 2 is 1.95 bits per heavy atom. The van der Waals surface area contributed by atoms with Crippen LogP contribution in [0.5, 0.6) is 0 Å². The molecular weight excluding hydrogens is 245 g/mol. The highest BCUT2D eigenvalue weighted by Gasteiger charge is 2.30. The second kappa shape index (κ2) is 6.66. The van der Waals surface area contributed by atoms with E-state index in [1.54, 1.807) is 12.1 Å². The Bertz CT molecular complexity index is 419. The number of hydrogen-bond donors (Lipinski definition) is 2. The molecule has 2 N–H and O–H groups in total. The number of aliphatic carboxylic acids is 1. The molecule has 104 valence electrons. The van der Waals surface area contributed by atoms with E-state index in [4.69, 9.17) is 0 Å². The van der Waals surface area contributed by atoms with Gasteiger partial charge in [0.15, 0.2) is 0 Å². The van der Waals surface area contributed by atoms with Crippen LogP contribution in [0.25, 0.3) is 0 Å². The lowest BCUT2D eigenvalue weighted by atomic mass is 9.79. The van der Waals surface area contributed by atoms with Gasteiger partial charge in [-0.05, 0) is 43.0 Å². The van der Waals surface area contributed by atoms with Crippen molar-refractivity contribution < 1.29 is 14.3 Å². The van der Waals surface area contributed by atoms with Crippen LogP contribution in [0, 0.1) is 17.7 Å². The number of carboxylic acid groups (broad SMARTS) is 1. The van der Waals surface area contributed by atoms with Crippen LogP contribution in [-0.2, 0) is 11.3 Å². The summed E-state index contributed by atoms with van der Waals surface area (Å²) >= 11 is 0. The highest BCUT2D eigenvalue weighted by atomic mass is 19.1. The summed E-state index contributed by atoms with van der Waals surface area (Å²) in [4.78, 5) is 11.2. The second-order valence-corrected chi connectivity index (χ2v) is 5.25. The van der Waals surface area contributed by atoms with Crippen LogP contribution in [0.2, 0.25) is 0 Å². The molecule has 2 rings (SSSR count). The average molecular weight is 265 g/mol. The van der Waals surface area contributed by atoms with Crippen LogP contribution in [-0.4, -0.2) is 17.6 Å². The fourth-order valence-corrected chi connectivity index (χ4v) is 2.78. The average Bonchev–Trinajstić information content (AvgIpc) is 2.41. The van der Waals surface area contributed by atoms with Gasteiger partial charge in [-0.15, -0.1) is 0 Å². The molecule has 2 atom stereocenters. The second-order valence-electron chi connectivity index (χ2n) is 5.25. The summed E-state index contributed by atoms with van der Waals surface area (Å²) in [5.74, 6) is -0.906. The molecule has 4 heteroatoms. The van der Waals surface area contributed by atoms with Gasteiger partial charge in [0, 0.05) is 6.54 Å². The molecule has 0 aliphatic heterocycles. The maximum atomic E-state index is 12.8. The fraction of sp³-hybridized carbons (Fsp3) is 0.533. The van der Waals surface area contributed by atoms with E-state index >= 15 is 0 Å². The molecule has 1 aromatic rings. The quantitative estimate of drug-likeness (QED) is 0.860. The van der Waals surface area contributed by atoms with Gasteiger partial charge in [-0.1, -0.05) is 25.0 Å². The minimum Gasteiger partial charge on any atom is -0.481 e. The lowest BCUT2D eigenvalue weighted by Gasteiger charge is -2.28. The Balaban J connectivity index is 1.80. The van der Waals surface area contributed by atoms with E-state index in [-0.39, 0.29) is 17.7 Å². The van der Waals surface area contributed by atoms with Crippen LogP contribution in [0.4, 0.5) is 4.39 Å². The molecular formula is C15H20FNO2. The highest BCUT2D eigenvalue weighted by molar-refractivity contribution is 5.70. The Morgan fingerprint density at radius 3 is 2.63 bits per heavy atom. The summed E-state index contributed by atoms with van der Waals surface area (Å²) in [6, 6.07) is 6.38. The molecule has 0 saturated heterocycles. The molecule has 0 radical (unpaired) electrons. The molecule has 1 aromatic carbocycles. The lowest BCUT2D eigenvalue weighted by molar-refractivity contribution is -0.144. The van der Waals surface area contributed by atoms with Gasteiger partial charge >= 0.3 is 5.97 Å². The predicted molar refractivity (Wildman–Crippen MR) is 71.2 cm³/mol. The smallest absolute Gasteiger partial charge is 0.306 e. The van der Waals surface area contributed by atoms with Gasteiger partial charge in [0.25, 0.3) is 0 Å². The number of halogens is 1. The maximum absolute atomic E-state index is 12.8. The van der Waals surface area contributed by atoms with Crippen LogP contribution >= 0.6 is 0 Å². The number of carboxylic acids is 1. The van der Waals surface area contributed by atoms with Gasteiger partial charge < -0.3 is 10.4 Å². The zero-order valence-corrected chi connectivity index (χ0v) is 10.9. The van der Waals surface area contributed by atoms with Crippen molar-refractivity contribution >= 4 is 5.97 Å². The highest BCUT2D eigenvalue weighted by Crippen LogP contribution is 2.29. The topological polar surface area (TPSA) is 49.3 Å². The normalized spacial score (nSPS) is 23.2. The summed E-state index contributed by atoms with van der Waals surface area (Å²) in [5, 5.41) is 12.5. The van der Waals surface area contributed by atoms with Crippen LogP contribution in [0.1, 0.15) is 31.2 Å². The molecule has 2 unspecified atom stereocenters. The number of rotatable bonds is 5. The van der Waals surface area contributed by atoms with Crippen molar-refractivity contribution in [3.05, 3.63) is 35.6 Å². The molecule has 0 spiro atoms. The molecule has 1 saturated carbocycles. The van der Waals surface area contributed by atoms with Crippen molar-refractivity contribution in [3.8, 4) is 0 Å². The molecule has 1 aliphatic rings. The number of benzene rings is 1. The van der Waals surface area contributed by atoms with E-state index in [0.717, 1.165) is 31.2 Å². The first-order valence-electron chi connectivity index (χ1n) is 6.85. The minimum absolute atomic E-state index is 0.213. The molecule has 19 heavy (non-hydrogen) atoms. The van der Waals surface area contributed by atoms with Gasteiger partial charge in [0.05, 0.1) is 5.92 Å². The van der Waals surface area contributed by atoms with Gasteiger partial charge in [0.2, 0.25) is 0 Å². The van der Waals surface area contributed by atoms with Crippen molar-refractivity contribution in [3.63, 3.8) is 0 Å². The van der Waals surface area contributed by atoms with E-state index < -0.39 is 5.97 Å². The molecule has 1 aliphatic carbocycles. The maximum Gasteiger partial charge on any atom is 0.306 e. The third-order valence-corrected chi connectivity index (χ3v) is 3.88. The van der Waals surface area contributed by atoms with Crippen molar-refractivity contribution in [1.29, 1.82) is 0 Å². The monoisotopic (exact) mass is 265 g/mol. The van der Waals surface area contributed by atoms with E-state index in [1.165, 1.54) is 12.1 Å². The van der Waals surface area contributed by atoms with E-state index in [2.05, 4.69) is 5.32 Å². The zero-order chi connectivity index (χ0) is 13.7. The molecule has 1 fully saturated rings. The Hall–Kier alpha value is -1.42. The molecule has 0 bridgehead atoms. The molecule has 0 amide bonds. The van der Waals surface area contributed by atoms with Crippen molar-refractivity contribution in [2.75, 3.05) is 6.54 Å². The van der Waals surface area contributed by atoms with Crippen LogP contribution in [0.15, 0.2) is 24.3 Å². The fourth-order valence-electron chi connectivity index (χ4n) is 2.78. The zero-order valence-electron chi connectivity index (χ0n) is 10.9. The van der Waals surface area contributed by atoms with Gasteiger partial charge in [-0.3, -0.25) is 4.79 Å². The summed E-state index contributed by atoms with van der Waals surface area (Å²) in [6.45, 7) is 1.37. The minimum atomic E-state index is -0.673. The molecule has 0 heterocycles. The molecule has 0 aromatic heterocycles. The summed E-state index contributed by atoms with van der Waals surface area (Å²) in [6.07, 6.45) is 3.91. The van der Waals surface area contributed by atoms with Gasteiger partial charge in [0.1, 0.15) is 5.82 Å². The number of carbonyl (C=O) groups is 1. The third-order valence-electron chi connectivity index (χ3n) is 3.88. The first-order valence-corrected chi connectivity index (χ1v) is 6.85. The van der Waals surface area contributed by atoms with Crippen molar-refractivity contribution in [2.45, 2.75) is 32.2 Å². The third kappa shape index (κ3) is 4.03. The van der Waals surface area contributed by atoms with Gasteiger partial charge in [-0.2, -0.15) is 0 Å². The van der Waals surface area contributed by atoms with Gasteiger partial charge in [-0.25, -0.2) is 4.39 Å². The number of hydrogen-bond acceptors (Lipinski definition) is 2. The Morgan fingerprint density at radius 1 is 1.26 bits per heavy atom. The van der Waals surface area contributed by atoms with Crippen LogP contribution in [0.3, 0.4) is 0 Å². The largest absolute Gasteiger partial charge is 0.481 e. The Labute approximate surface area is 112 Å². The van der Waals surface area contributed by atoms with Crippen molar-refractivity contribution in [2.24, 2.45) is 11.8 Å². The summed E-state index contributed by atoms with van der Waals surface area (Å²) < 4.78 is 12.8. The van der Waals surface area contributed by atoms with Crippen LogP contribution < -0.4 is 5.32 Å². The predicted octanol–water partition coefficient (Wildman–Crippen LogP) is 2.81. The standard InChI is InChI=1S/C15H20FNO2/c16-13-7-5-11(6-8-13)9-17-10-12-3-1-2-4-14(12)15(18)19/h5-8,12,14,17H,1-4,9-10H2,(H,18,19). The SMILES string of the molecule is O=C(O)C1CCCCC1CNCc1ccc(F)cc1. The molecule has 3 nitrogen and oxygen atoms in total. The van der Waals surface area contributed by atoms with Crippen molar-refractivity contribution in [1.82, 2.24) is 5.32 Å². The summed E-state index contributed by atoms with van der Waals surface area (Å²) in [5.41, 5.74) is 1.02. The number of nitrogens with one attached hydrogen (secondary N) is 1. The van der Waals surface area contributed by atoms with E-state index in [1.807, 2.05) is 0 Å². The van der Waals surface area contributed by atoms with E-state index in [9.17, 15) is 14.3 Å². The first-order chi connectivity index (χ1) is 9.16.